The summed E-state index contributed by atoms with van der Waals surface area (Å²) in [5.74, 6) is -1.54. The lowest BCUT2D eigenvalue weighted by Gasteiger charge is -2.14. The van der Waals surface area contributed by atoms with Crippen LogP contribution in [0.2, 0.25) is 0 Å². The van der Waals surface area contributed by atoms with Crippen LogP contribution in [0.5, 0.6) is 0 Å². The van der Waals surface area contributed by atoms with Crippen molar-refractivity contribution in [3.63, 3.8) is 0 Å². The van der Waals surface area contributed by atoms with E-state index in [1.54, 1.807) is 6.92 Å². The molecule has 5 heteroatoms. The first-order chi connectivity index (χ1) is 7.27. The average molecular weight is 232 g/mol. The lowest BCUT2D eigenvalue weighted by atomic mass is 9.96. The largest absolute Gasteiger partial charge is 0.478 e. The van der Waals surface area contributed by atoms with Gasteiger partial charge >= 0.3 is 12.1 Å². The monoisotopic (exact) mass is 232 g/mol. The molecule has 0 spiro atoms. The van der Waals surface area contributed by atoms with Crippen molar-refractivity contribution in [3.05, 3.63) is 34.4 Å². The van der Waals surface area contributed by atoms with Crippen LogP contribution in [0.1, 0.15) is 34.0 Å². The fraction of sp³-hybridized carbons (Fsp3) is 0.364. The molecule has 2 nitrogen and oxygen atoms in total. The van der Waals surface area contributed by atoms with Gasteiger partial charge in [-0.15, -0.1) is 0 Å². The number of halogens is 3. The summed E-state index contributed by atoms with van der Waals surface area (Å²) in [7, 11) is 0. The van der Waals surface area contributed by atoms with E-state index in [9.17, 15) is 18.0 Å². The highest BCUT2D eigenvalue weighted by atomic mass is 19.4. The predicted molar refractivity (Wildman–Crippen MR) is 52.5 cm³/mol. The molecule has 88 valence electrons. The van der Waals surface area contributed by atoms with Gasteiger partial charge in [0.05, 0.1) is 11.1 Å². The quantitative estimate of drug-likeness (QED) is 0.849. The molecule has 1 N–H and O–H groups in total. The highest BCUT2D eigenvalue weighted by Gasteiger charge is 2.36. The number of carboxylic acid groups (broad SMARTS) is 1. The van der Waals surface area contributed by atoms with Crippen LogP contribution in [0, 0.1) is 6.92 Å². The number of aryl methyl sites for hydroxylation is 2. The molecule has 0 atom stereocenters. The van der Waals surface area contributed by atoms with Crippen molar-refractivity contribution >= 4 is 5.97 Å². The molecule has 1 aromatic carbocycles. The smallest absolute Gasteiger partial charge is 0.417 e. The molecule has 0 unspecified atom stereocenters. The average Bonchev–Trinajstić information content (AvgIpc) is 2.14. The molecule has 16 heavy (non-hydrogen) atoms. The summed E-state index contributed by atoms with van der Waals surface area (Å²) in [6.45, 7) is 3.14. The van der Waals surface area contributed by atoms with Gasteiger partial charge in [-0.25, -0.2) is 4.79 Å². The molecule has 1 rings (SSSR count). The van der Waals surface area contributed by atoms with E-state index in [4.69, 9.17) is 5.11 Å². The third-order valence-corrected chi connectivity index (χ3v) is 2.26. The van der Waals surface area contributed by atoms with E-state index >= 15 is 0 Å². The molecule has 0 radical (unpaired) electrons. The van der Waals surface area contributed by atoms with Gasteiger partial charge in [-0.1, -0.05) is 18.6 Å². The third-order valence-electron chi connectivity index (χ3n) is 2.26. The van der Waals surface area contributed by atoms with E-state index in [0.717, 1.165) is 6.07 Å². The van der Waals surface area contributed by atoms with Gasteiger partial charge in [-0.2, -0.15) is 13.2 Å². The van der Waals surface area contributed by atoms with Gasteiger partial charge in [0.15, 0.2) is 0 Å². The summed E-state index contributed by atoms with van der Waals surface area (Å²) >= 11 is 0. The van der Waals surface area contributed by atoms with E-state index in [1.165, 1.54) is 13.0 Å². The summed E-state index contributed by atoms with van der Waals surface area (Å²) in [6.07, 6.45) is -4.38. The molecular weight excluding hydrogens is 221 g/mol. The van der Waals surface area contributed by atoms with Crippen molar-refractivity contribution in [1.82, 2.24) is 0 Å². The molecule has 0 aliphatic rings. The Morgan fingerprint density at radius 3 is 2.31 bits per heavy atom. The minimum Gasteiger partial charge on any atom is -0.478 e. The number of carboxylic acids is 1. The Morgan fingerprint density at radius 2 is 1.94 bits per heavy atom. The molecule has 0 aliphatic heterocycles. The van der Waals surface area contributed by atoms with Crippen LogP contribution < -0.4 is 0 Å². The van der Waals surface area contributed by atoms with Crippen molar-refractivity contribution in [1.29, 1.82) is 0 Å². The Kier molecular flexibility index (Phi) is 3.26. The second-order valence-electron chi connectivity index (χ2n) is 3.50. The van der Waals surface area contributed by atoms with Gasteiger partial charge in [0.25, 0.3) is 0 Å². The lowest BCUT2D eigenvalue weighted by molar-refractivity contribution is -0.138. The van der Waals surface area contributed by atoms with Crippen molar-refractivity contribution in [2.75, 3.05) is 0 Å². The normalized spacial score (nSPS) is 11.6. The number of hydrogen-bond donors (Lipinski definition) is 1. The minimum absolute atomic E-state index is 0.208. The van der Waals surface area contributed by atoms with Crippen LogP contribution in [-0.2, 0) is 12.6 Å². The highest BCUT2D eigenvalue weighted by Crippen LogP contribution is 2.34. The van der Waals surface area contributed by atoms with Crippen LogP contribution in [-0.4, -0.2) is 11.1 Å². The summed E-state index contributed by atoms with van der Waals surface area (Å²) in [4.78, 5) is 10.9. The summed E-state index contributed by atoms with van der Waals surface area (Å²) in [5.41, 5.74) is -1.09. The zero-order chi connectivity index (χ0) is 12.5. The Balaban J connectivity index is 3.57. The Bertz CT molecular complexity index is 422. The van der Waals surface area contributed by atoms with Crippen LogP contribution in [0.15, 0.2) is 12.1 Å². The zero-order valence-electron chi connectivity index (χ0n) is 8.85. The highest BCUT2D eigenvalue weighted by molar-refractivity contribution is 5.91. The molecule has 0 saturated carbocycles. The number of carbonyl (C=O) groups is 1. The molecular formula is C11H11F3O2. The minimum atomic E-state index is -4.64. The maximum atomic E-state index is 12.6. The van der Waals surface area contributed by atoms with Crippen molar-refractivity contribution < 1.29 is 23.1 Å². The SMILES string of the molecule is CCc1cc(C)cc(C(F)(F)F)c1C(=O)O. The molecule has 0 saturated heterocycles. The van der Waals surface area contributed by atoms with Crippen molar-refractivity contribution in [3.8, 4) is 0 Å². The Morgan fingerprint density at radius 1 is 1.38 bits per heavy atom. The summed E-state index contributed by atoms with van der Waals surface area (Å²) in [6, 6.07) is 2.33. The van der Waals surface area contributed by atoms with Gasteiger partial charge < -0.3 is 5.11 Å². The molecule has 0 bridgehead atoms. The van der Waals surface area contributed by atoms with Crippen LogP contribution in [0.25, 0.3) is 0 Å². The van der Waals surface area contributed by atoms with Gasteiger partial charge in [-0.3, -0.25) is 0 Å². The molecule has 0 fully saturated rings. The second-order valence-corrected chi connectivity index (χ2v) is 3.50. The zero-order valence-corrected chi connectivity index (χ0v) is 8.85. The molecule has 0 aromatic heterocycles. The van der Waals surface area contributed by atoms with E-state index in [2.05, 4.69) is 0 Å². The van der Waals surface area contributed by atoms with E-state index in [-0.39, 0.29) is 12.0 Å². The number of hydrogen-bond acceptors (Lipinski definition) is 1. The third kappa shape index (κ3) is 2.35. The Labute approximate surface area is 90.7 Å². The maximum Gasteiger partial charge on any atom is 0.417 e. The summed E-state index contributed by atoms with van der Waals surface area (Å²) in [5, 5.41) is 8.83. The molecule has 0 amide bonds. The van der Waals surface area contributed by atoms with Gasteiger partial charge in [-0.05, 0) is 25.0 Å². The standard InChI is InChI=1S/C11H11F3O2/c1-3-7-4-6(2)5-8(11(12,13)14)9(7)10(15)16/h4-5H,3H2,1-2H3,(H,15,16). The first-order valence-electron chi connectivity index (χ1n) is 4.71. The molecule has 0 heterocycles. The maximum absolute atomic E-state index is 12.6. The van der Waals surface area contributed by atoms with Crippen LogP contribution in [0.3, 0.4) is 0 Å². The second kappa shape index (κ2) is 4.15. The fourth-order valence-electron chi connectivity index (χ4n) is 1.62. The molecule has 1 aromatic rings. The van der Waals surface area contributed by atoms with Crippen molar-refractivity contribution in [2.45, 2.75) is 26.4 Å². The fourth-order valence-corrected chi connectivity index (χ4v) is 1.62. The predicted octanol–water partition coefficient (Wildman–Crippen LogP) is 3.27. The first-order valence-corrected chi connectivity index (χ1v) is 4.71. The topological polar surface area (TPSA) is 37.3 Å². The van der Waals surface area contributed by atoms with Gasteiger partial charge in [0.2, 0.25) is 0 Å². The van der Waals surface area contributed by atoms with E-state index in [1.807, 2.05) is 0 Å². The Hall–Kier alpha value is -1.52. The lowest BCUT2D eigenvalue weighted by Crippen LogP contribution is -2.15. The van der Waals surface area contributed by atoms with Gasteiger partial charge in [0.1, 0.15) is 0 Å². The molecule has 0 aliphatic carbocycles. The first kappa shape index (κ1) is 12.5. The van der Waals surface area contributed by atoms with E-state index in [0.29, 0.717) is 5.56 Å². The van der Waals surface area contributed by atoms with E-state index < -0.39 is 23.3 Å². The van der Waals surface area contributed by atoms with Crippen LogP contribution >= 0.6 is 0 Å². The van der Waals surface area contributed by atoms with Crippen molar-refractivity contribution in [2.24, 2.45) is 0 Å². The number of rotatable bonds is 2. The summed E-state index contributed by atoms with van der Waals surface area (Å²) < 4.78 is 37.9. The number of benzene rings is 1. The van der Waals surface area contributed by atoms with Gasteiger partial charge in [0, 0.05) is 0 Å². The van der Waals surface area contributed by atoms with Crippen LogP contribution in [0.4, 0.5) is 13.2 Å². The number of aromatic carboxylic acids is 1. The number of alkyl halides is 3.